The highest BCUT2D eigenvalue weighted by Crippen LogP contribution is 2.32. The van der Waals surface area contributed by atoms with Crippen LogP contribution in [-0.2, 0) is 17.6 Å². The molecular weight excluding hydrogens is 342 g/mol. The summed E-state index contributed by atoms with van der Waals surface area (Å²) in [5, 5.41) is 26.4. The van der Waals surface area contributed by atoms with Crippen LogP contribution in [-0.4, -0.2) is 31.9 Å². The number of allylic oxidation sites excluding steroid dienone is 4. The molecule has 0 aliphatic heterocycles. The van der Waals surface area contributed by atoms with Crippen LogP contribution in [0.1, 0.15) is 51.1 Å². The molecule has 6 heteroatoms. The largest absolute Gasteiger partial charge is 0.508 e. The number of aromatic amines is 1. The summed E-state index contributed by atoms with van der Waals surface area (Å²) >= 11 is 0. The lowest BCUT2D eigenvalue weighted by molar-refractivity contribution is -0.122. The first kappa shape index (κ1) is 22.2. The minimum absolute atomic E-state index is 0.00419. The van der Waals surface area contributed by atoms with Crippen LogP contribution in [0, 0.1) is 5.92 Å². The Bertz CT molecular complexity index is 835. The zero-order chi connectivity index (χ0) is 20.4. The Morgan fingerprint density at radius 1 is 1.37 bits per heavy atom. The van der Waals surface area contributed by atoms with Crippen molar-refractivity contribution in [3.05, 3.63) is 53.6 Å². The van der Waals surface area contributed by atoms with E-state index in [0.717, 1.165) is 23.9 Å². The third kappa shape index (κ3) is 5.54. The molecule has 3 rings (SSSR count). The Hall–Kier alpha value is -2.89. The van der Waals surface area contributed by atoms with Crippen LogP contribution < -0.4 is 0 Å². The molecule has 0 saturated carbocycles. The van der Waals surface area contributed by atoms with Gasteiger partial charge >= 0.3 is 0 Å². The Balaban J connectivity index is 0.000000665. The number of rotatable bonds is 3. The second kappa shape index (κ2) is 11.0. The van der Waals surface area contributed by atoms with Crippen molar-refractivity contribution in [3.63, 3.8) is 0 Å². The third-order valence-electron chi connectivity index (χ3n) is 4.23. The average molecular weight is 371 g/mol. The third-order valence-corrected chi connectivity index (χ3v) is 4.23. The summed E-state index contributed by atoms with van der Waals surface area (Å²) < 4.78 is 0. The monoisotopic (exact) mass is 371 g/mol. The molecule has 1 aliphatic rings. The van der Waals surface area contributed by atoms with Crippen LogP contribution in [0.15, 0.2) is 36.6 Å². The van der Waals surface area contributed by atoms with Crippen LogP contribution in [0.5, 0.6) is 0 Å². The minimum Gasteiger partial charge on any atom is -0.508 e. The van der Waals surface area contributed by atoms with Gasteiger partial charge in [0.05, 0.1) is 5.69 Å². The number of aryl methyl sites for hydroxylation is 1. The summed E-state index contributed by atoms with van der Waals surface area (Å²) in [5.41, 5.74) is 4.71. The normalized spacial score (nSPS) is 16.0. The molecule has 0 aromatic carbocycles. The number of nitrogens with zero attached hydrogens (tertiary/aromatic N) is 2. The Morgan fingerprint density at radius 2 is 2.04 bits per heavy atom. The maximum atomic E-state index is 9.82. The van der Waals surface area contributed by atoms with E-state index in [0.29, 0.717) is 17.2 Å². The average Bonchev–Trinajstić information content (AvgIpc) is 3.01. The molecule has 1 aliphatic carbocycles. The quantitative estimate of drug-likeness (QED) is 0.407. The zero-order valence-corrected chi connectivity index (χ0v) is 16.5. The van der Waals surface area contributed by atoms with E-state index in [1.807, 2.05) is 39.0 Å². The van der Waals surface area contributed by atoms with Gasteiger partial charge in [-0.05, 0) is 49.8 Å². The number of aliphatic hydroxyl groups is 1. The Morgan fingerprint density at radius 3 is 2.63 bits per heavy atom. The molecule has 0 bridgehead atoms. The van der Waals surface area contributed by atoms with Gasteiger partial charge in [0.15, 0.2) is 5.65 Å². The van der Waals surface area contributed by atoms with E-state index >= 15 is 0 Å². The lowest BCUT2D eigenvalue weighted by Gasteiger charge is -2.17. The topological polar surface area (TPSA) is 99.1 Å². The van der Waals surface area contributed by atoms with Gasteiger partial charge < -0.3 is 15.2 Å². The molecule has 0 fully saturated rings. The highest BCUT2D eigenvalue weighted by Gasteiger charge is 2.21. The number of aromatic nitrogens is 3. The Labute approximate surface area is 160 Å². The fourth-order valence-corrected chi connectivity index (χ4v) is 3.04. The summed E-state index contributed by atoms with van der Waals surface area (Å²) in [6.07, 6.45) is 8.90. The molecule has 1 atom stereocenters. The van der Waals surface area contributed by atoms with Crippen molar-refractivity contribution in [2.75, 3.05) is 0 Å². The van der Waals surface area contributed by atoms with Crippen LogP contribution >= 0.6 is 0 Å². The van der Waals surface area contributed by atoms with Crippen molar-refractivity contribution >= 4 is 23.1 Å². The fraction of sp³-hybridized carbons (Fsp3) is 0.381. The summed E-state index contributed by atoms with van der Waals surface area (Å²) in [4.78, 5) is 11.7. The molecule has 2 heterocycles. The number of nitrogens with one attached hydrogen (secondary N) is 1. The molecule has 27 heavy (non-hydrogen) atoms. The molecule has 0 amide bonds. The number of fused-ring (bicyclic) bond motifs is 3. The van der Waals surface area contributed by atoms with Gasteiger partial charge in [0, 0.05) is 16.7 Å². The number of H-pyrrole nitrogens is 1. The predicted octanol–water partition coefficient (Wildman–Crippen LogP) is 4.84. The van der Waals surface area contributed by atoms with Crippen LogP contribution in [0.3, 0.4) is 0 Å². The van der Waals surface area contributed by atoms with E-state index < -0.39 is 0 Å². The van der Waals surface area contributed by atoms with Crippen LogP contribution in [0.2, 0.25) is 0 Å². The molecule has 1 unspecified atom stereocenters. The molecule has 2 aromatic rings. The van der Waals surface area contributed by atoms with Crippen molar-refractivity contribution in [1.82, 2.24) is 15.2 Å². The summed E-state index contributed by atoms with van der Waals surface area (Å²) in [5.74, 6) is 0.693. The van der Waals surface area contributed by atoms with Gasteiger partial charge in [0.25, 0.3) is 6.47 Å². The number of hydrogen-bond acceptors (Lipinski definition) is 4. The fourth-order valence-electron chi connectivity index (χ4n) is 3.04. The maximum absolute atomic E-state index is 9.82. The van der Waals surface area contributed by atoms with E-state index in [2.05, 4.69) is 28.7 Å². The lowest BCUT2D eigenvalue weighted by atomic mass is 9.88. The standard InChI is InChI=1S/C18H21N3O.C2H6.CH2O2/c1-4-5-6-13(12(3)22)17-10-15-14-9-11(2)7-8-16(14)19-18(15)21-20-17;1-2;2-1-3/h4-6,10-11,22H,3,7-9H2,1-2H3,(H,19,21);1-2H3;1H,(H,2,3)/b5-4-,13-6+;;. The second-order valence-corrected chi connectivity index (χ2v) is 6.08. The van der Waals surface area contributed by atoms with Gasteiger partial charge in [0.2, 0.25) is 0 Å². The first-order valence-electron chi connectivity index (χ1n) is 9.18. The van der Waals surface area contributed by atoms with E-state index in [4.69, 9.17) is 9.90 Å². The number of carboxylic acid groups (broad SMARTS) is 1. The van der Waals surface area contributed by atoms with E-state index in [1.165, 1.54) is 17.7 Å². The molecule has 0 spiro atoms. The van der Waals surface area contributed by atoms with Crippen molar-refractivity contribution in [2.45, 2.75) is 47.0 Å². The van der Waals surface area contributed by atoms with Crippen LogP contribution in [0.25, 0.3) is 16.6 Å². The predicted molar refractivity (Wildman–Crippen MR) is 110 cm³/mol. The van der Waals surface area contributed by atoms with E-state index in [-0.39, 0.29) is 12.2 Å². The number of aliphatic hydroxyl groups excluding tert-OH is 1. The van der Waals surface area contributed by atoms with Crippen molar-refractivity contribution < 1.29 is 15.0 Å². The van der Waals surface area contributed by atoms with Crippen LogP contribution in [0.4, 0.5) is 0 Å². The lowest BCUT2D eigenvalue weighted by Crippen LogP contribution is -2.09. The van der Waals surface area contributed by atoms with Gasteiger partial charge in [-0.1, -0.05) is 39.5 Å². The van der Waals surface area contributed by atoms with Gasteiger partial charge in [-0.3, -0.25) is 4.79 Å². The zero-order valence-electron chi connectivity index (χ0n) is 16.5. The first-order valence-corrected chi connectivity index (χ1v) is 9.18. The van der Waals surface area contributed by atoms with Gasteiger partial charge in [-0.15, -0.1) is 10.2 Å². The number of carbonyl (C=O) groups is 1. The van der Waals surface area contributed by atoms with Gasteiger partial charge in [-0.2, -0.15) is 0 Å². The SMILES string of the molecule is C=C(O)/C(=C\C=C/C)c1cc2c3c([nH]c2nn1)CCC(C)C3.CC.O=CO. The van der Waals surface area contributed by atoms with Gasteiger partial charge in [0.1, 0.15) is 5.76 Å². The summed E-state index contributed by atoms with van der Waals surface area (Å²) in [6, 6.07) is 2.01. The smallest absolute Gasteiger partial charge is 0.290 e. The molecule has 6 nitrogen and oxygen atoms in total. The minimum atomic E-state index is -0.250. The highest BCUT2D eigenvalue weighted by molar-refractivity contribution is 5.86. The first-order chi connectivity index (χ1) is 13.0. The molecule has 0 saturated heterocycles. The second-order valence-electron chi connectivity index (χ2n) is 6.08. The van der Waals surface area contributed by atoms with E-state index in [1.54, 1.807) is 6.08 Å². The number of hydrogen-bond donors (Lipinski definition) is 3. The van der Waals surface area contributed by atoms with Crippen molar-refractivity contribution in [3.8, 4) is 0 Å². The summed E-state index contributed by atoms with van der Waals surface area (Å²) in [6.45, 7) is 11.6. The maximum Gasteiger partial charge on any atom is 0.290 e. The molecule has 2 aromatic heterocycles. The molecule has 0 radical (unpaired) electrons. The van der Waals surface area contributed by atoms with Crippen molar-refractivity contribution in [1.29, 1.82) is 0 Å². The van der Waals surface area contributed by atoms with E-state index in [9.17, 15) is 5.11 Å². The highest BCUT2D eigenvalue weighted by atomic mass is 16.3. The molecular formula is C21H29N3O3. The summed E-state index contributed by atoms with van der Waals surface area (Å²) in [7, 11) is 0. The van der Waals surface area contributed by atoms with Crippen molar-refractivity contribution in [2.24, 2.45) is 5.92 Å². The molecule has 3 N–H and O–H groups in total. The Kier molecular flexibility index (Phi) is 8.99. The molecule has 146 valence electrons. The van der Waals surface area contributed by atoms with Gasteiger partial charge in [-0.25, -0.2) is 0 Å².